The average molecular weight is 235 g/mol. The van der Waals surface area contributed by atoms with Crippen LogP contribution in [0.15, 0.2) is 6.20 Å². The van der Waals surface area contributed by atoms with E-state index in [-0.39, 0.29) is 0 Å². The molecule has 17 heavy (non-hydrogen) atoms. The Morgan fingerprint density at radius 1 is 1.47 bits per heavy atom. The molecule has 1 N–H and O–H groups in total. The summed E-state index contributed by atoms with van der Waals surface area (Å²) >= 11 is 0. The molecule has 1 heterocycles. The van der Waals surface area contributed by atoms with Gasteiger partial charge in [0.15, 0.2) is 0 Å². The fourth-order valence-electron chi connectivity index (χ4n) is 3.23. The molecule has 1 aliphatic carbocycles. The highest BCUT2D eigenvalue weighted by Crippen LogP contribution is 2.40. The quantitative estimate of drug-likeness (QED) is 0.873. The van der Waals surface area contributed by atoms with Crippen LogP contribution in [-0.2, 0) is 13.6 Å². The highest BCUT2D eigenvalue weighted by atomic mass is 15.3. The van der Waals surface area contributed by atoms with Crippen molar-refractivity contribution in [2.75, 3.05) is 0 Å². The van der Waals surface area contributed by atoms with Crippen LogP contribution < -0.4 is 5.32 Å². The molecule has 0 bridgehead atoms. The third-order valence-corrected chi connectivity index (χ3v) is 4.00. The minimum absolute atomic E-state index is 0.501. The summed E-state index contributed by atoms with van der Waals surface area (Å²) in [6.45, 7) is 10.1. The smallest absolute Gasteiger partial charge is 0.0638 e. The van der Waals surface area contributed by atoms with E-state index in [0.717, 1.165) is 18.2 Å². The number of hydrogen-bond donors (Lipinski definition) is 1. The lowest BCUT2D eigenvalue weighted by molar-refractivity contribution is 0.362. The molecule has 96 valence electrons. The minimum Gasteiger partial charge on any atom is -0.310 e. The first kappa shape index (κ1) is 12.6. The molecule has 0 amide bonds. The number of aryl methyl sites for hydroxylation is 2. The van der Waals surface area contributed by atoms with E-state index >= 15 is 0 Å². The molecule has 3 nitrogen and oxygen atoms in total. The maximum absolute atomic E-state index is 4.38. The second-order valence-electron chi connectivity index (χ2n) is 6.45. The van der Waals surface area contributed by atoms with Gasteiger partial charge in [0.1, 0.15) is 0 Å². The molecule has 3 heteroatoms. The van der Waals surface area contributed by atoms with Gasteiger partial charge in [0.05, 0.1) is 5.69 Å². The van der Waals surface area contributed by atoms with E-state index in [9.17, 15) is 0 Å². The molecule has 2 rings (SSSR count). The fraction of sp³-hybridized carbons (Fsp3) is 0.786. The van der Waals surface area contributed by atoms with Crippen molar-refractivity contribution in [1.29, 1.82) is 0 Å². The second kappa shape index (κ2) is 4.45. The van der Waals surface area contributed by atoms with Crippen LogP contribution in [0.25, 0.3) is 0 Å². The minimum atomic E-state index is 0.501. The third kappa shape index (κ3) is 2.89. The highest BCUT2D eigenvalue weighted by molar-refractivity contribution is 5.15. The van der Waals surface area contributed by atoms with Gasteiger partial charge in [-0.3, -0.25) is 4.68 Å². The summed E-state index contributed by atoms with van der Waals surface area (Å²) in [6, 6.07) is 0.657. The second-order valence-corrected chi connectivity index (χ2v) is 6.45. The number of aromatic nitrogens is 2. The first-order valence-electron chi connectivity index (χ1n) is 6.60. The summed E-state index contributed by atoms with van der Waals surface area (Å²) in [5.74, 6) is 0.780. The molecule has 0 spiro atoms. The lowest BCUT2D eigenvalue weighted by Crippen LogP contribution is -2.31. The van der Waals surface area contributed by atoms with Crippen LogP contribution in [0, 0.1) is 18.3 Å². The van der Waals surface area contributed by atoms with Gasteiger partial charge in [-0.05, 0) is 31.1 Å². The molecule has 0 saturated heterocycles. The van der Waals surface area contributed by atoms with Crippen molar-refractivity contribution in [1.82, 2.24) is 15.1 Å². The number of nitrogens with zero attached hydrogens (tertiary/aromatic N) is 2. The van der Waals surface area contributed by atoms with Crippen molar-refractivity contribution in [3.8, 4) is 0 Å². The Kier molecular flexibility index (Phi) is 3.30. The Morgan fingerprint density at radius 2 is 2.18 bits per heavy atom. The van der Waals surface area contributed by atoms with Crippen LogP contribution in [0.4, 0.5) is 0 Å². The zero-order valence-corrected chi connectivity index (χ0v) is 11.7. The van der Waals surface area contributed by atoms with Crippen LogP contribution in [0.5, 0.6) is 0 Å². The van der Waals surface area contributed by atoms with Crippen molar-refractivity contribution in [2.45, 2.75) is 53.1 Å². The lowest BCUT2D eigenvalue weighted by atomic mass is 9.91. The molecule has 0 radical (unpaired) electrons. The van der Waals surface area contributed by atoms with Gasteiger partial charge in [0.2, 0.25) is 0 Å². The largest absolute Gasteiger partial charge is 0.310 e. The Bertz CT molecular complexity index is 392. The van der Waals surface area contributed by atoms with E-state index in [4.69, 9.17) is 0 Å². The summed E-state index contributed by atoms with van der Waals surface area (Å²) in [6.07, 6.45) is 4.73. The highest BCUT2D eigenvalue weighted by Gasteiger charge is 2.36. The number of hydrogen-bond acceptors (Lipinski definition) is 2. The molecule has 2 atom stereocenters. The van der Waals surface area contributed by atoms with E-state index in [1.807, 2.05) is 11.7 Å². The topological polar surface area (TPSA) is 29.9 Å². The maximum atomic E-state index is 4.38. The van der Waals surface area contributed by atoms with Crippen LogP contribution >= 0.6 is 0 Å². The molecule has 1 aliphatic rings. The van der Waals surface area contributed by atoms with E-state index in [0.29, 0.717) is 11.5 Å². The maximum Gasteiger partial charge on any atom is 0.0638 e. The standard InChI is InChI=1S/C14H25N3/c1-10-6-14(3,4)7-13(10)15-8-12-9-17(5)16-11(12)2/h9-10,13,15H,6-8H2,1-5H3. The van der Waals surface area contributed by atoms with Crippen LogP contribution in [0.3, 0.4) is 0 Å². The van der Waals surface area contributed by atoms with Crippen molar-refractivity contribution < 1.29 is 0 Å². The van der Waals surface area contributed by atoms with Crippen LogP contribution in [0.1, 0.15) is 44.9 Å². The first-order valence-corrected chi connectivity index (χ1v) is 6.60. The van der Waals surface area contributed by atoms with Gasteiger partial charge < -0.3 is 5.32 Å². The van der Waals surface area contributed by atoms with Crippen LogP contribution in [-0.4, -0.2) is 15.8 Å². The molecular formula is C14H25N3. The summed E-state index contributed by atoms with van der Waals surface area (Å²) < 4.78 is 1.90. The predicted octanol–water partition coefficient (Wildman–Crippen LogP) is 2.64. The van der Waals surface area contributed by atoms with E-state index in [1.54, 1.807) is 0 Å². The van der Waals surface area contributed by atoms with Crippen molar-refractivity contribution in [3.63, 3.8) is 0 Å². The zero-order valence-electron chi connectivity index (χ0n) is 11.7. The van der Waals surface area contributed by atoms with Gasteiger partial charge >= 0.3 is 0 Å². The molecule has 1 aromatic rings. The normalized spacial score (nSPS) is 27.6. The first-order chi connectivity index (χ1) is 7.87. The molecule has 1 aromatic heterocycles. The Morgan fingerprint density at radius 3 is 2.65 bits per heavy atom. The van der Waals surface area contributed by atoms with Gasteiger partial charge in [0.25, 0.3) is 0 Å². The Labute approximate surface area is 105 Å². The van der Waals surface area contributed by atoms with Crippen molar-refractivity contribution in [3.05, 3.63) is 17.5 Å². The predicted molar refractivity (Wildman–Crippen MR) is 70.8 cm³/mol. The molecular weight excluding hydrogens is 210 g/mol. The SMILES string of the molecule is Cc1nn(C)cc1CNC1CC(C)(C)CC1C. The molecule has 2 unspecified atom stereocenters. The van der Waals surface area contributed by atoms with Crippen molar-refractivity contribution in [2.24, 2.45) is 18.4 Å². The van der Waals surface area contributed by atoms with E-state index in [2.05, 4.69) is 44.3 Å². The molecule has 0 aromatic carbocycles. The van der Waals surface area contributed by atoms with Crippen LogP contribution in [0.2, 0.25) is 0 Å². The third-order valence-electron chi connectivity index (χ3n) is 4.00. The summed E-state index contributed by atoms with van der Waals surface area (Å²) in [5.41, 5.74) is 2.97. The summed E-state index contributed by atoms with van der Waals surface area (Å²) in [5, 5.41) is 8.08. The Hall–Kier alpha value is -0.830. The van der Waals surface area contributed by atoms with Crippen molar-refractivity contribution >= 4 is 0 Å². The molecule has 1 saturated carbocycles. The summed E-state index contributed by atoms with van der Waals surface area (Å²) in [4.78, 5) is 0. The van der Waals surface area contributed by atoms with Gasteiger partial charge in [0, 0.05) is 31.4 Å². The van der Waals surface area contributed by atoms with Gasteiger partial charge in [-0.1, -0.05) is 20.8 Å². The van der Waals surface area contributed by atoms with Gasteiger partial charge in [-0.15, -0.1) is 0 Å². The van der Waals surface area contributed by atoms with E-state index < -0.39 is 0 Å². The molecule has 1 fully saturated rings. The number of nitrogens with one attached hydrogen (secondary N) is 1. The number of rotatable bonds is 3. The Balaban J connectivity index is 1.93. The summed E-state index contributed by atoms with van der Waals surface area (Å²) in [7, 11) is 1.98. The zero-order chi connectivity index (χ0) is 12.6. The average Bonchev–Trinajstić information content (AvgIpc) is 2.63. The van der Waals surface area contributed by atoms with Gasteiger partial charge in [-0.2, -0.15) is 5.10 Å². The fourth-order valence-corrected chi connectivity index (χ4v) is 3.23. The molecule has 0 aliphatic heterocycles. The monoisotopic (exact) mass is 235 g/mol. The van der Waals surface area contributed by atoms with E-state index in [1.165, 1.54) is 18.4 Å². The lowest BCUT2D eigenvalue weighted by Gasteiger charge is -2.18. The van der Waals surface area contributed by atoms with Gasteiger partial charge in [-0.25, -0.2) is 0 Å².